The fourth-order valence-corrected chi connectivity index (χ4v) is 5.13. The lowest BCUT2D eigenvalue weighted by atomic mass is 9.80. The van der Waals surface area contributed by atoms with Gasteiger partial charge in [0.2, 0.25) is 0 Å². The van der Waals surface area contributed by atoms with Gasteiger partial charge < -0.3 is 4.74 Å². The molecular formula is C25H36ClFO. The topological polar surface area (TPSA) is 9.23 Å². The molecule has 3 heteroatoms. The molecule has 1 nitrogen and oxygen atoms in total. The van der Waals surface area contributed by atoms with E-state index in [4.69, 9.17) is 16.3 Å². The molecule has 0 aliphatic heterocycles. The Hall–Kier alpha value is -0.860. The maximum Gasteiger partial charge on any atom is 0.145 e. The summed E-state index contributed by atoms with van der Waals surface area (Å²) in [6, 6.07) is 4.07. The van der Waals surface area contributed by atoms with Crippen molar-refractivity contribution >= 4 is 17.2 Å². The highest BCUT2D eigenvalue weighted by Gasteiger charge is 2.27. The van der Waals surface area contributed by atoms with Gasteiger partial charge in [-0.1, -0.05) is 62.9 Å². The molecule has 2 aliphatic rings. The summed E-state index contributed by atoms with van der Waals surface area (Å²) in [4.78, 5) is 0. The Morgan fingerprint density at radius 3 is 2.50 bits per heavy atom. The van der Waals surface area contributed by atoms with Crippen LogP contribution in [-0.4, -0.2) is 12.7 Å². The minimum atomic E-state index is -0.189. The average molecular weight is 407 g/mol. The molecule has 28 heavy (non-hydrogen) atoms. The molecule has 0 saturated heterocycles. The molecule has 1 atom stereocenters. The molecule has 1 aromatic carbocycles. The first-order chi connectivity index (χ1) is 13.6. The Morgan fingerprint density at radius 1 is 1.07 bits per heavy atom. The van der Waals surface area contributed by atoms with Crippen LogP contribution in [0.25, 0.3) is 5.57 Å². The van der Waals surface area contributed by atoms with E-state index in [9.17, 15) is 0 Å². The zero-order chi connectivity index (χ0) is 19.9. The van der Waals surface area contributed by atoms with Crippen molar-refractivity contribution in [1.82, 2.24) is 0 Å². The smallest absolute Gasteiger partial charge is 0.145 e. The van der Waals surface area contributed by atoms with Gasteiger partial charge in [-0.15, -0.1) is 0 Å². The standard InChI is InChI=1S/C25H36ClFO/c1-3-5-6-18-7-9-19(10-8-18)22-15-16-23(25(27)24(22)26)20-11-13-21(14-12-20)28-17-4-2/h9,15-16,18,20-21H,3-8,10-14,17H2,1-2H3. The van der Waals surface area contributed by atoms with Crippen LogP contribution in [0.1, 0.15) is 102 Å². The summed E-state index contributed by atoms with van der Waals surface area (Å²) < 4.78 is 21.0. The SMILES string of the molecule is CCCCC1CC=C(c2ccc(C3CCC(OCCC)CC3)c(F)c2Cl)CC1. The van der Waals surface area contributed by atoms with Gasteiger partial charge in [-0.2, -0.15) is 0 Å². The van der Waals surface area contributed by atoms with Crippen molar-refractivity contribution in [2.45, 2.75) is 96.5 Å². The highest BCUT2D eigenvalue weighted by atomic mass is 35.5. The molecule has 156 valence electrons. The lowest BCUT2D eigenvalue weighted by Crippen LogP contribution is -2.21. The van der Waals surface area contributed by atoms with E-state index in [1.54, 1.807) is 0 Å². The van der Waals surface area contributed by atoms with Crippen molar-refractivity contribution in [3.05, 3.63) is 40.2 Å². The number of hydrogen-bond acceptors (Lipinski definition) is 1. The molecule has 0 heterocycles. The van der Waals surface area contributed by atoms with Crippen molar-refractivity contribution in [1.29, 1.82) is 0 Å². The lowest BCUT2D eigenvalue weighted by molar-refractivity contribution is 0.0249. The van der Waals surface area contributed by atoms with Crippen LogP contribution in [0.3, 0.4) is 0 Å². The molecule has 0 spiro atoms. The third-order valence-corrected chi connectivity index (χ3v) is 6.98. The highest BCUT2D eigenvalue weighted by molar-refractivity contribution is 6.32. The molecule has 1 saturated carbocycles. The molecule has 1 aromatic rings. The molecule has 0 radical (unpaired) electrons. The maximum absolute atomic E-state index is 15.2. The third-order valence-electron chi connectivity index (χ3n) is 6.62. The van der Waals surface area contributed by atoms with E-state index in [2.05, 4.69) is 26.0 Å². The van der Waals surface area contributed by atoms with Crippen LogP contribution >= 0.6 is 11.6 Å². The molecule has 1 unspecified atom stereocenters. The summed E-state index contributed by atoms with van der Waals surface area (Å²) in [5.74, 6) is 0.870. The van der Waals surface area contributed by atoms with Gasteiger partial charge in [0, 0.05) is 6.61 Å². The Balaban J connectivity index is 1.65. The van der Waals surface area contributed by atoms with Gasteiger partial charge in [0.1, 0.15) is 5.82 Å². The van der Waals surface area contributed by atoms with E-state index in [1.807, 2.05) is 6.07 Å². The zero-order valence-electron chi connectivity index (χ0n) is 17.6. The molecule has 0 amide bonds. The summed E-state index contributed by atoms with van der Waals surface area (Å²) in [6.07, 6.45) is 14.9. The van der Waals surface area contributed by atoms with Gasteiger partial charge in [0.15, 0.2) is 0 Å². The molecule has 0 aromatic heterocycles. The zero-order valence-corrected chi connectivity index (χ0v) is 18.4. The summed E-state index contributed by atoms with van der Waals surface area (Å²) in [5.41, 5.74) is 2.96. The van der Waals surface area contributed by atoms with Crippen LogP contribution in [-0.2, 0) is 4.74 Å². The van der Waals surface area contributed by atoms with Crippen molar-refractivity contribution in [2.75, 3.05) is 6.61 Å². The molecule has 0 N–H and O–H groups in total. The third kappa shape index (κ3) is 5.39. The second-order valence-corrected chi connectivity index (χ2v) is 9.06. The average Bonchev–Trinajstić information content (AvgIpc) is 2.73. The number of rotatable bonds is 8. The van der Waals surface area contributed by atoms with E-state index >= 15 is 4.39 Å². The van der Waals surface area contributed by atoms with Gasteiger partial charge in [0.05, 0.1) is 11.1 Å². The van der Waals surface area contributed by atoms with Gasteiger partial charge >= 0.3 is 0 Å². The summed E-state index contributed by atoms with van der Waals surface area (Å²) in [6.45, 7) is 5.22. The summed E-state index contributed by atoms with van der Waals surface area (Å²) in [7, 11) is 0. The second-order valence-electron chi connectivity index (χ2n) is 8.69. The van der Waals surface area contributed by atoms with E-state index in [-0.39, 0.29) is 11.7 Å². The van der Waals surface area contributed by atoms with Crippen molar-refractivity contribution < 1.29 is 9.13 Å². The predicted molar refractivity (Wildman–Crippen MR) is 117 cm³/mol. The molecule has 1 fully saturated rings. The van der Waals surface area contributed by atoms with E-state index < -0.39 is 0 Å². The van der Waals surface area contributed by atoms with Crippen LogP contribution in [0.5, 0.6) is 0 Å². The van der Waals surface area contributed by atoms with Crippen molar-refractivity contribution in [2.24, 2.45) is 5.92 Å². The maximum atomic E-state index is 15.2. The monoisotopic (exact) mass is 406 g/mol. The van der Waals surface area contributed by atoms with Gasteiger partial charge in [-0.25, -0.2) is 4.39 Å². The number of benzene rings is 1. The summed E-state index contributed by atoms with van der Waals surface area (Å²) in [5, 5.41) is 0.333. The first-order valence-corrected chi connectivity index (χ1v) is 11.8. The van der Waals surface area contributed by atoms with Gasteiger partial charge in [-0.3, -0.25) is 0 Å². The molecule has 2 aliphatic carbocycles. The molecular weight excluding hydrogens is 371 g/mol. The number of halogens is 2. The summed E-state index contributed by atoms with van der Waals surface area (Å²) >= 11 is 6.53. The Morgan fingerprint density at radius 2 is 1.86 bits per heavy atom. The first kappa shape index (κ1) is 21.8. The largest absolute Gasteiger partial charge is 0.378 e. The number of ether oxygens (including phenoxy) is 1. The quantitative estimate of drug-likeness (QED) is 0.421. The van der Waals surface area contributed by atoms with E-state index in [0.717, 1.165) is 68.6 Å². The Labute approximate surface area is 175 Å². The number of hydrogen-bond donors (Lipinski definition) is 0. The highest BCUT2D eigenvalue weighted by Crippen LogP contribution is 2.41. The predicted octanol–water partition coefficient (Wildman–Crippen LogP) is 8.31. The molecule has 3 rings (SSSR count). The number of allylic oxidation sites excluding steroid dienone is 2. The van der Waals surface area contributed by atoms with Gasteiger partial charge in [0.25, 0.3) is 0 Å². The molecule has 0 bridgehead atoms. The van der Waals surface area contributed by atoms with Crippen LogP contribution in [0, 0.1) is 11.7 Å². The lowest BCUT2D eigenvalue weighted by Gasteiger charge is -2.29. The fraction of sp³-hybridized carbons (Fsp3) is 0.680. The minimum absolute atomic E-state index is 0.189. The van der Waals surface area contributed by atoms with Crippen LogP contribution in [0.4, 0.5) is 4.39 Å². The van der Waals surface area contributed by atoms with Crippen LogP contribution in [0.2, 0.25) is 5.02 Å². The first-order valence-electron chi connectivity index (χ1n) is 11.4. The number of unbranched alkanes of at least 4 members (excludes halogenated alkanes) is 1. The second kappa shape index (κ2) is 10.8. The van der Waals surface area contributed by atoms with E-state index in [1.165, 1.54) is 31.3 Å². The van der Waals surface area contributed by atoms with Crippen LogP contribution in [0.15, 0.2) is 18.2 Å². The van der Waals surface area contributed by atoms with Crippen molar-refractivity contribution in [3.63, 3.8) is 0 Å². The Bertz CT molecular complexity index is 661. The minimum Gasteiger partial charge on any atom is -0.378 e. The van der Waals surface area contributed by atoms with Crippen molar-refractivity contribution in [3.8, 4) is 0 Å². The normalized spacial score (nSPS) is 25.6. The van der Waals surface area contributed by atoms with Gasteiger partial charge in [-0.05, 0) is 79.9 Å². The van der Waals surface area contributed by atoms with E-state index in [0.29, 0.717) is 11.1 Å². The fourth-order valence-electron chi connectivity index (χ4n) is 4.84. The van der Waals surface area contributed by atoms with Crippen LogP contribution < -0.4 is 0 Å². The Kier molecular flexibility index (Phi) is 8.41.